The lowest BCUT2D eigenvalue weighted by Gasteiger charge is -2.25. The highest BCUT2D eigenvalue weighted by atomic mass is 16.5. The number of pyridine rings is 1. The third-order valence-corrected chi connectivity index (χ3v) is 5.61. The summed E-state index contributed by atoms with van der Waals surface area (Å²) in [5.41, 5.74) is 3.15. The molecule has 6 nitrogen and oxygen atoms in total. The van der Waals surface area contributed by atoms with Gasteiger partial charge in [0.05, 0.1) is 18.2 Å². The number of carbonyl (C=O) groups is 2. The summed E-state index contributed by atoms with van der Waals surface area (Å²) in [4.78, 5) is 31.8. The number of nitrogens with zero attached hydrogens (tertiary/aromatic N) is 2. The van der Waals surface area contributed by atoms with Gasteiger partial charge in [0.1, 0.15) is 11.5 Å². The van der Waals surface area contributed by atoms with Gasteiger partial charge in [-0.15, -0.1) is 0 Å². The van der Waals surface area contributed by atoms with E-state index in [1.807, 2.05) is 44.2 Å². The smallest absolute Gasteiger partial charge is 0.295 e. The molecule has 1 saturated heterocycles. The molecule has 1 atom stereocenters. The average molecular weight is 443 g/mol. The van der Waals surface area contributed by atoms with Gasteiger partial charge in [-0.3, -0.25) is 14.6 Å². The number of amides is 1. The topological polar surface area (TPSA) is 79.7 Å². The Balaban J connectivity index is 1.78. The molecule has 3 aromatic rings. The molecule has 4 rings (SSSR count). The molecule has 33 heavy (non-hydrogen) atoms. The lowest BCUT2D eigenvalue weighted by atomic mass is 9.94. The van der Waals surface area contributed by atoms with E-state index in [9.17, 15) is 14.7 Å². The van der Waals surface area contributed by atoms with Gasteiger partial charge in [0.15, 0.2) is 0 Å². The third kappa shape index (κ3) is 4.65. The molecule has 6 heteroatoms. The summed E-state index contributed by atoms with van der Waals surface area (Å²) in [5, 5.41) is 11.2. The zero-order valence-electron chi connectivity index (χ0n) is 18.7. The van der Waals surface area contributed by atoms with E-state index in [0.29, 0.717) is 17.9 Å². The van der Waals surface area contributed by atoms with Crippen LogP contribution in [0.25, 0.3) is 5.76 Å². The Bertz CT molecular complexity index is 1170. The van der Waals surface area contributed by atoms with Crippen molar-refractivity contribution in [3.8, 4) is 5.75 Å². The molecular formula is C27H26N2O4. The third-order valence-electron chi connectivity index (χ3n) is 5.61. The summed E-state index contributed by atoms with van der Waals surface area (Å²) < 4.78 is 5.61. The van der Waals surface area contributed by atoms with Crippen molar-refractivity contribution in [1.29, 1.82) is 0 Å². The van der Waals surface area contributed by atoms with Crippen LogP contribution in [0.15, 0.2) is 78.6 Å². The summed E-state index contributed by atoms with van der Waals surface area (Å²) in [5.74, 6) is -0.864. The Morgan fingerprint density at radius 3 is 2.42 bits per heavy atom. The van der Waals surface area contributed by atoms with Gasteiger partial charge in [0, 0.05) is 24.5 Å². The number of aryl methyl sites for hydroxylation is 1. The van der Waals surface area contributed by atoms with Crippen LogP contribution in [0.1, 0.15) is 41.6 Å². The fraction of sp³-hybridized carbons (Fsp3) is 0.222. The maximum Gasteiger partial charge on any atom is 0.295 e. The van der Waals surface area contributed by atoms with Crippen LogP contribution in [-0.4, -0.2) is 33.3 Å². The summed E-state index contributed by atoms with van der Waals surface area (Å²) in [6, 6.07) is 17.5. The summed E-state index contributed by atoms with van der Waals surface area (Å²) in [6.07, 6.45) is 4.21. The van der Waals surface area contributed by atoms with Crippen molar-refractivity contribution in [1.82, 2.24) is 9.88 Å². The van der Waals surface area contributed by atoms with E-state index < -0.39 is 17.7 Å². The fourth-order valence-corrected chi connectivity index (χ4v) is 3.91. The van der Waals surface area contributed by atoms with E-state index in [-0.39, 0.29) is 17.9 Å². The number of hydrogen-bond donors (Lipinski definition) is 1. The van der Waals surface area contributed by atoms with Crippen LogP contribution in [0.4, 0.5) is 0 Å². The van der Waals surface area contributed by atoms with Crippen molar-refractivity contribution in [2.45, 2.75) is 32.9 Å². The number of aliphatic hydroxyl groups is 1. The quantitative estimate of drug-likeness (QED) is 0.323. The zero-order chi connectivity index (χ0) is 23.4. The van der Waals surface area contributed by atoms with Crippen molar-refractivity contribution in [2.75, 3.05) is 6.61 Å². The SMILES string of the molecule is CCCOc1ccc(/C(O)=C2\C(=O)C(=O)N(Cc3cccnc3)C2c2ccc(C)cc2)cc1. The monoisotopic (exact) mass is 442 g/mol. The first-order valence-corrected chi connectivity index (χ1v) is 11.0. The van der Waals surface area contributed by atoms with Crippen LogP contribution < -0.4 is 4.74 Å². The van der Waals surface area contributed by atoms with Gasteiger partial charge in [0.25, 0.3) is 11.7 Å². The number of likely N-dealkylation sites (tertiary alicyclic amines) is 1. The minimum Gasteiger partial charge on any atom is -0.507 e. The number of carbonyl (C=O) groups excluding carboxylic acids is 2. The molecule has 2 aromatic carbocycles. The number of rotatable bonds is 7. The number of aliphatic hydroxyl groups excluding tert-OH is 1. The summed E-state index contributed by atoms with van der Waals surface area (Å²) in [7, 11) is 0. The number of hydrogen-bond acceptors (Lipinski definition) is 5. The van der Waals surface area contributed by atoms with Gasteiger partial charge in [-0.05, 0) is 54.8 Å². The molecular weight excluding hydrogens is 416 g/mol. The van der Waals surface area contributed by atoms with E-state index in [1.165, 1.54) is 4.90 Å². The fourth-order valence-electron chi connectivity index (χ4n) is 3.91. The average Bonchev–Trinajstić information content (AvgIpc) is 3.08. The largest absolute Gasteiger partial charge is 0.507 e. The van der Waals surface area contributed by atoms with Crippen LogP contribution in [0.5, 0.6) is 5.75 Å². The Hall–Kier alpha value is -3.93. The van der Waals surface area contributed by atoms with Crippen molar-refractivity contribution in [3.63, 3.8) is 0 Å². The highest BCUT2D eigenvalue weighted by molar-refractivity contribution is 6.46. The number of ketones is 1. The summed E-state index contributed by atoms with van der Waals surface area (Å²) in [6.45, 7) is 4.80. The number of Topliss-reactive ketones (excluding diaryl/α,β-unsaturated/α-hetero) is 1. The van der Waals surface area contributed by atoms with Gasteiger partial charge in [0.2, 0.25) is 0 Å². The molecule has 0 saturated carbocycles. The Labute approximate surface area is 193 Å². The van der Waals surface area contributed by atoms with Gasteiger partial charge in [-0.1, -0.05) is 42.8 Å². The minimum atomic E-state index is -0.707. The molecule has 1 aromatic heterocycles. The minimum absolute atomic E-state index is 0.0787. The van der Waals surface area contributed by atoms with Crippen LogP contribution in [0, 0.1) is 6.92 Å². The molecule has 168 valence electrons. The van der Waals surface area contributed by atoms with E-state index in [1.54, 1.807) is 42.7 Å². The van der Waals surface area contributed by atoms with Gasteiger partial charge in [-0.25, -0.2) is 0 Å². The predicted molar refractivity (Wildman–Crippen MR) is 125 cm³/mol. The normalized spacial score (nSPS) is 17.4. The molecule has 1 fully saturated rings. The predicted octanol–water partition coefficient (Wildman–Crippen LogP) is 4.80. The second-order valence-electron chi connectivity index (χ2n) is 8.07. The van der Waals surface area contributed by atoms with Crippen LogP contribution in [-0.2, 0) is 16.1 Å². The first-order chi connectivity index (χ1) is 16.0. The van der Waals surface area contributed by atoms with Gasteiger partial charge >= 0.3 is 0 Å². The van der Waals surface area contributed by atoms with E-state index in [4.69, 9.17) is 4.74 Å². The maximum absolute atomic E-state index is 13.1. The molecule has 1 aliphatic heterocycles. The molecule has 1 N–H and O–H groups in total. The van der Waals surface area contributed by atoms with Gasteiger partial charge < -0.3 is 14.7 Å². The molecule has 0 spiro atoms. The number of benzene rings is 2. The molecule has 0 bridgehead atoms. The Morgan fingerprint density at radius 2 is 1.79 bits per heavy atom. The highest BCUT2D eigenvalue weighted by Crippen LogP contribution is 2.40. The van der Waals surface area contributed by atoms with E-state index in [0.717, 1.165) is 23.1 Å². The molecule has 0 aliphatic carbocycles. The van der Waals surface area contributed by atoms with E-state index in [2.05, 4.69) is 4.98 Å². The number of ether oxygens (including phenoxy) is 1. The first kappa shape index (κ1) is 22.3. The van der Waals surface area contributed by atoms with Crippen LogP contribution in [0.2, 0.25) is 0 Å². The second kappa shape index (κ2) is 9.69. The maximum atomic E-state index is 13.1. The Morgan fingerprint density at radius 1 is 1.06 bits per heavy atom. The van der Waals surface area contributed by atoms with Gasteiger partial charge in [-0.2, -0.15) is 0 Å². The molecule has 0 radical (unpaired) electrons. The summed E-state index contributed by atoms with van der Waals surface area (Å²) >= 11 is 0. The van der Waals surface area contributed by atoms with Crippen molar-refractivity contribution in [3.05, 3.63) is 101 Å². The molecule has 1 aliphatic rings. The number of aromatic nitrogens is 1. The molecule has 2 heterocycles. The van der Waals surface area contributed by atoms with Crippen molar-refractivity contribution >= 4 is 17.4 Å². The van der Waals surface area contributed by atoms with E-state index >= 15 is 0 Å². The molecule has 1 unspecified atom stereocenters. The lowest BCUT2D eigenvalue weighted by molar-refractivity contribution is -0.140. The molecule has 1 amide bonds. The van der Waals surface area contributed by atoms with Crippen molar-refractivity contribution < 1.29 is 19.4 Å². The second-order valence-corrected chi connectivity index (χ2v) is 8.07. The zero-order valence-corrected chi connectivity index (χ0v) is 18.7. The van der Waals surface area contributed by atoms with Crippen LogP contribution >= 0.6 is 0 Å². The lowest BCUT2D eigenvalue weighted by Crippen LogP contribution is -2.29. The Kier molecular flexibility index (Phi) is 6.54. The van der Waals surface area contributed by atoms with Crippen molar-refractivity contribution in [2.24, 2.45) is 0 Å². The highest BCUT2D eigenvalue weighted by Gasteiger charge is 2.46. The standard InChI is InChI=1S/C27H26N2O4/c1-3-15-33-22-12-10-21(11-13-22)25(30)23-24(20-8-6-18(2)7-9-20)29(27(32)26(23)31)17-19-5-4-14-28-16-19/h4-14,16,24,30H,3,15,17H2,1-2H3/b25-23+. The van der Waals surface area contributed by atoms with Crippen LogP contribution in [0.3, 0.4) is 0 Å². The first-order valence-electron chi connectivity index (χ1n) is 11.0.